The van der Waals surface area contributed by atoms with Crippen LogP contribution in [0.3, 0.4) is 0 Å². The van der Waals surface area contributed by atoms with E-state index in [2.05, 4.69) is 41.8 Å². The van der Waals surface area contributed by atoms with Gasteiger partial charge in [-0.2, -0.15) is 0 Å². The van der Waals surface area contributed by atoms with Crippen molar-refractivity contribution in [1.82, 2.24) is 10.6 Å². The molecule has 110 valence electrons. The zero-order valence-corrected chi connectivity index (χ0v) is 12.5. The minimum atomic E-state index is -0.433. The highest BCUT2D eigenvalue weighted by atomic mass is 16.2. The quantitative estimate of drug-likeness (QED) is 0.691. The first-order valence-electron chi connectivity index (χ1n) is 7.02. The molecule has 0 aromatic heterocycles. The fourth-order valence-corrected chi connectivity index (χ4v) is 1.95. The van der Waals surface area contributed by atoms with Crippen LogP contribution < -0.4 is 15.5 Å². The van der Waals surface area contributed by atoms with Crippen LogP contribution in [-0.2, 0) is 17.8 Å². The Morgan fingerprint density at radius 1 is 1.10 bits per heavy atom. The fraction of sp³-hybridized carbons (Fsp3) is 0.467. The summed E-state index contributed by atoms with van der Waals surface area (Å²) in [7, 11) is 1.94. The van der Waals surface area contributed by atoms with Crippen LogP contribution in [0.1, 0.15) is 25.0 Å². The summed E-state index contributed by atoms with van der Waals surface area (Å²) in [6.45, 7) is 5.46. The Labute approximate surface area is 120 Å². The van der Waals surface area contributed by atoms with Gasteiger partial charge in [-0.1, -0.05) is 31.2 Å². The van der Waals surface area contributed by atoms with Gasteiger partial charge in [0.2, 0.25) is 0 Å². The van der Waals surface area contributed by atoms with Crippen molar-refractivity contribution in [3.05, 3.63) is 35.4 Å². The first kappa shape index (κ1) is 16.2. The Morgan fingerprint density at radius 3 is 2.25 bits per heavy atom. The van der Waals surface area contributed by atoms with E-state index in [4.69, 9.17) is 0 Å². The van der Waals surface area contributed by atoms with Gasteiger partial charge in [0.15, 0.2) is 6.54 Å². The second-order valence-corrected chi connectivity index (χ2v) is 4.89. The first-order chi connectivity index (χ1) is 9.55. The van der Waals surface area contributed by atoms with Gasteiger partial charge in [0.1, 0.15) is 6.54 Å². The van der Waals surface area contributed by atoms with Crippen molar-refractivity contribution in [2.24, 2.45) is 0 Å². The molecule has 3 amide bonds. The Hall–Kier alpha value is -1.88. The molecule has 1 aromatic rings. The van der Waals surface area contributed by atoms with Crippen LogP contribution >= 0.6 is 0 Å². The Balaban J connectivity index is 2.40. The van der Waals surface area contributed by atoms with Crippen molar-refractivity contribution in [1.29, 1.82) is 0 Å². The Bertz CT molecular complexity index is 443. The molecule has 0 spiro atoms. The lowest BCUT2D eigenvalue weighted by Crippen LogP contribution is -3.09. The SMILES string of the molecule is CCNC(=O)NC(=O)C[NH+](C)Cc1ccc(CC)cc1. The number of rotatable bonds is 6. The maximum Gasteiger partial charge on any atom is 0.321 e. The summed E-state index contributed by atoms with van der Waals surface area (Å²) in [5, 5.41) is 4.84. The molecule has 1 rings (SSSR count). The van der Waals surface area contributed by atoms with Crippen molar-refractivity contribution >= 4 is 11.9 Å². The third kappa shape index (κ3) is 5.84. The summed E-state index contributed by atoms with van der Waals surface area (Å²) in [5.74, 6) is -0.265. The lowest BCUT2D eigenvalue weighted by atomic mass is 10.1. The Morgan fingerprint density at radius 2 is 1.70 bits per heavy atom. The van der Waals surface area contributed by atoms with Crippen LogP contribution in [0.25, 0.3) is 0 Å². The number of carbonyl (C=O) groups is 2. The predicted octanol–water partition coefficient (Wildman–Crippen LogP) is 0.109. The standard InChI is InChI=1S/C15H23N3O2/c1-4-12-6-8-13(9-7-12)10-18(3)11-14(19)17-15(20)16-5-2/h6-9H,4-5,10-11H2,1-3H3,(H2,16,17,19,20)/p+1. The molecule has 0 bridgehead atoms. The summed E-state index contributed by atoms with van der Waals surface area (Å²) < 4.78 is 0. The monoisotopic (exact) mass is 278 g/mol. The molecule has 0 fully saturated rings. The topological polar surface area (TPSA) is 62.6 Å². The van der Waals surface area contributed by atoms with Gasteiger partial charge in [0.25, 0.3) is 5.91 Å². The van der Waals surface area contributed by atoms with Crippen molar-refractivity contribution in [3.63, 3.8) is 0 Å². The normalized spacial score (nSPS) is 11.8. The number of nitrogens with one attached hydrogen (secondary N) is 3. The minimum absolute atomic E-state index is 0.265. The zero-order valence-electron chi connectivity index (χ0n) is 12.5. The molecule has 3 N–H and O–H groups in total. The van der Waals surface area contributed by atoms with Gasteiger partial charge in [-0.15, -0.1) is 0 Å². The third-order valence-electron chi connectivity index (χ3n) is 2.99. The molecule has 5 heteroatoms. The van der Waals surface area contributed by atoms with Crippen molar-refractivity contribution < 1.29 is 14.5 Å². The molecule has 5 nitrogen and oxygen atoms in total. The smallest absolute Gasteiger partial charge is 0.321 e. The largest absolute Gasteiger partial charge is 0.338 e. The van der Waals surface area contributed by atoms with Crippen molar-refractivity contribution in [2.75, 3.05) is 20.1 Å². The molecule has 0 aliphatic heterocycles. The maximum absolute atomic E-state index is 11.6. The Kier molecular flexibility index (Phi) is 6.73. The first-order valence-corrected chi connectivity index (χ1v) is 7.02. The number of likely N-dealkylation sites (N-methyl/N-ethyl adjacent to an activating group) is 1. The van der Waals surface area contributed by atoms with Crippen LogP contribution in [0.4, 0.5) is 4.79 Å². The van der Waals surface area contributed by atoms with E-state index in [0.29, 0.717) is 6.54 Å². The number of benzene rings is 1. The molecule has 1 unspecified atom stereocenters. The number of amides is 3. The second-order valence-electron chi connectivity index (χ2n) is 4.89. The van der Waals surface area contributed by atoms with Gasteiger partial charge < -0.3 is 10.2 Å². The van der Waals surface area contributed by atoms with E-state index >= 15 is 0 Å². The minimum Gasteiger partial charge on any atom is -0.338 e. The number of hydrogen-bond donors (Lipinski definition) is 3. The number of imide groups is 1. The molecule has 0 aliphatic rings. The van der Waals surface area contributed by atoms with E-state index in [0.717, 1.165) is 17.9 Å². The van der Waals surface area contributed by atoms with Gasteiger partial charge >= 0.3 is 6.03 Å². The summed E-state index contributed by atoms with van der Waals surface area (Å²) >= 11 is 0. The van der Waals surface area contributed by atoms with E-state index in [-0.39, 0.29) is 12.5 Å². The number of quaternary nitrogens is 1. The molecule has 1 aromatic carbocycles. The van der Waals surface area contributed by atoms with E-state index in [9.17, 15) is 9.59 Å². The maximum atomic E-state index is 11.6. The summed E-state index contributed by atoms with van der Waals surface area (Å²) in [6.07, 6.45) is 1.03. The average molecular weight is 278 g/mol. The van der Waals surface area contributed by atoms with Gasteiger partial charge in [0.05, 0.1) is 7.05 Å². The second kappa shape index (κ2) is 8.32. The molecule has 0 radical (unpaired) electrons. The van der Waals surface area contributed by atoms with Crippen LogP contribution in [0.5, 0.6) is 0 Å². The number of aryl methyl sites for hydroxylation is 1. The van der Waals surface area contributed by atoms with E-state index in [1.165, 1.54) is 11.1 Å². The fourth-order valence-electron chi connectivity index (χ4n) is 1.95. The van der Waals surface area contributed by atoms with Gasteiger partial charge in [0, 0.05) is 12.1 Å². The van der Waals surface area contributed by atoms with E-state index < -0.39 is 6.03 Å². The molecule has 0 saturated carbocycles. The number of hydrogen-bond acceptors (Lipinski definition) is 2. The molecule has 1 atom stereocenters. The van der Waals surface area contributed by atoms with E-state index in [1.807, 2.05) is 7.05 Å². The molecular formula is C15H24N3O2+. The zero-order chi connectivity index (χ0) is 15.0. The van der Waals surface area contributed by atoms with E-state index in [1.54, 1.807) is 6.92 Å². The van der Waals surface area contributed by atoms with Gasteiger partial charge in [-0.25, -0.2) is 4.79 Å². The molecular weight excluding hydrogens is 254 g/mol. The molecule has 0 saturated heterocycles. The molecule has 0 heterocycles. The van der Waals surface area contributed by atoms with Crippen molar-refractivity contribution in [2.45, 2.75) is 26.8 Å². The van der Waals surface area contributed by atoms with Crippen LogP contribution in [0.15, 0.2) is 24.3 Å². The number of urea groups is 1. The summed E-state index contributed by atoms with van der Waals surface area (Å²) in [4.78, 5) is 23.9. The lowest BCUT2D eigenvalue weighted by Gasteiger charge is -2.13. The van der Waals surface area contributed by atoms with Gasteiger partial charge in [-0.05, 0) is 18.9 Å². The summed E-state index contributed by atoms with van der Waals surface area (Å²) in [5.41, 5.74) is 2.49. The van der Waals surface area contributed by atoms with Crippen LogP contribution in [0.2, 0.25) is 0 Å². The highest BCUT2D eigenvalue weighted by Crippen LogP contribution is 2.03. The molecule has 0 aliphatic carbocycles. The third-order valence-corrected chi connectivity index (χ3v) is 2.99. The van der Waals surface area contributed by atoms with Crippen LogP contribution in [0, 0.1) is 0 Å². The van der Waals surface area contributed by atoms with Crippen LogP contribution in [-0.4, -0.2) is 32.1 Å². The summed E-state index contributed by atoms with van der Waals surface area (Å²) in [6, 6.07) is 7.96. The highest BCUT2D eigenvalue weighted by Gasteiger charge is 2.12. The average Bonchev–Trinajstić information content (AvgIpc) is 2.39. The number of carbonyl (C=O) groups excluding carboxylic acids is 2. The van der Waals surface area contributed by atoms with Crippen molar-refractivity contribution in [3.8, 4) is 0 Å². The lowest BCUT2D eigenvalue weighted by molar-refractivity contribution is -0.885. The molecule has 20 heavy (non-hydrogen) atoms. The predicted molar refractivity (Wildman–Crippen MR) is 78.5 cm³/mol. The van der Waals surface area contributed by atoms with Gasteiger partial charge in [-0.3, -0.25) is 10.1 Å². The highest BCUT2D eigenvalue weighted by molar-refractivity contribution is 5.94.